The number of phosphoric ester groups is 1. The highest BCUT2D eigenvalue weighted by atomic mass is 31.2. The molecule has 1 fully saturated rings. The molecule has 1 aliphatic heterocycles. The molecule has 1 aromatic heterocycles. The summed E-state index contributed by atoms with van der Waals surface area (Å²) < 4.78 is 22.7. The molecule has 0 spiro atoms. The van der Waals surface area contributed by atoms with Crippen LogP contribution >= 0.6 is 7.82 Å². The van der Waals surface area contributed by atoms with Gasteiger partial charge in [0.2, 0.25) is 0 Å². The Morgan fingerprint density at radius 2 is 2.18 bits per heavy atom. The molecule has 124 valence electrons. The molecule has 2 heterocycles. The van der Waals surface area contributed by atoms with E-state index in [1.807, 2.05) is 6.92 Å². The van der Waals surface area contributed by atoms with Crippen molar-refractivity contribution in [3.8, 4) is 0 Å². The molecule has 0 aromatic carbocycles. The van der Waals surface area contributed by atoms with Crippen molar-refractivity contribution in [3.05, 3.63) is 32.6 Å². The first-order valence-corrected chi connectivity index (χ1v) is 8.45. The first-order valence-electron chi connectivity index (χ1n) is 6.92. The topological polar surface area (TPSA) is 131 Å². The number of ether oxygens (including phenoxy) is 1. The normalized spacial score (nSPS) is 25.5. The largest absolute Gasteiger partial charge is 0.469 e. The minimum atomic E-state index is -4.65. The zero-order valence-electron chi connectivity index (χ0n) is 12.3. The molecule has 3 N–H and O–H groups in total. The van der Waals surface area contributed by atoms with E-state index in [0.29, 0.717) is 12.0 Å². The van der Waals surface area contributed by atoms with Gasteiger partial charge in [0.25, 0.3) is 5.56 Å². The van der Waals surface area contributed by atoms with Crippen LogP contribution in [0.25, 0.3) is 0 Å². The van der Waals surface area contributed by atoms with Gasteiger partial charge in [-0.05, 0) is 13.3 Å². The van der Waals surface area contributed by atoms with Gasteiger partial charge in [-0.1, -0.05) is 13.3 Å². The Morgan fingerprint density at radius 1 is 1.50 bits per heavy atom. The maximum atomic E-state index is 11.9. The lowest BCUT2D eigenvalue weighted by atomic mass is 10.1. The third kappa shape index (κ3) is 3.93. The van der Waals surface area contributed by atoms with E-state index >= 15 is 0 Å². The summed E-state index contributed by atoms with van der Waals surface area (Å²) in [5.74, 6) is 0. The number of hydrogen-bond donors (Lipinski definition) is 3. The number of aromatic amines is 1. The Hall–Kier alpha value is -1.25. The monoisotopic (exact) mass is 334 g/mol. The van der Waals surface area contributed by atoms with E-state index in [0.717, 1.165) is 6.42 Å². The van der Waals surface area contributed by atoms with Gasteiger partial charge in [0.05, 0.1) is 12.2 Å². The van der Waals surface area contributed by atoms with Crippen molar-refractivity contribution in [2.45, 2.75) is 51.5 Å². The van der Waals surface area contributed by atoms with Crippen molar-refractivity contribution in [1.29, 1.82) is 0 Å². The van der Waals surface area contributed by atoms with Crippen LogP contribution in [0, 0.1) is 6.92 Å². The van der Waals surface area contributed by atoms with E-state index in [-0.39, 0.29) is 6.42 Å². The summed E-state index contributed by atoms with van der Waals surface area (Å²) in [6, 6.07) is 0. The lowest BCUT2D eigenvalue weighted by Crippen LogP contribution is -2.33. The molecule has 10 heteroatoms. The van der Waals surface area contributed by atoms with Gasteiger partial charge in [-0.3, -0.25) is 18.9 Å². The summed E-state index contributed by atoms with van der Waals surface area (Å²) in [6.45, 7) is 3.46. The quantitative estimate of drug-likeness (QED) is 0.665. The van der Waals surface area contributed by atoms with Gasteiger partial charge >= 0.3 is 13.5 Å². The van der Waals surface area contributed by atoms with Gasteiger partial charge in [0.15, 0.2) is 0 Å². The summed E-state index contributed by atoms with van der Waals surface area (Å²) in [6.07, 6.45) is 0.675. The second-order valence-electron chi connectivity index (χ2n) is 5.27. The van der Waals surface area contributed by atoms with E-state index in [2.05, 4.69) is 4.98 Å². The predicted molar refractivity (Wildman–Crippen MR) is 76.4 cm³/mol. The average molecular weight is 334 g/mol. The molecule has 0 aliphatic carbocycles. The van der Waals surface area contributed by atoms with E-state index in [4.69, 9.17) is 19.0 Å². The number of aromatic nitrogens is 2. The van der Waals surface area contributed by atoms with Crippen LogP contribution in [0.4, 0.5) is 0 Å². The molecule has 1 saturated heterocycles. The van der Waals surface area contributed by atoms with Crippen molar-refractivity contribution < 1.29 is 23.6 Å². The van der Waals surface area contributed by atoms with Gasteiger partial charge < -0.3 is 14.5 Å². The molecule has 1 aliphatic rings. The maximum absolute atomic E-state index is 11.9. The highest BCUT2D eigenvalue weighted by Gasteiger charge is 2.40. The van der Waals surface area contributed by atoms with Crippen molar-refractivity contribution in [3.63, 3.8) is 0 Å². The standard InChI is InChI=1S/C12H19N2O7P/c1-3-4-8-9(21-22(17,18)19)5-10(20-8)14-6-7(2)11(15)13-12(14)16/h6,8-10H,3-5H2,1-2H3,(H,13,15,16)(H2,17,18,19)/t8-,9-,10-/m1/s1. The zero-order valence-corrected chi connectivity index (χ0v) is 13.2. The average Bonchev–Trinajstić information content (AvgIpc) is 2.75. The number of H-pyrrole nitrogens is 1. The van der Waals surface area contributed by atoms with Crippen LogP contribution in [0.15, 0.2) is 15.8 Å². The van der Waals surface area contributed by atoms with Crippen molar-refractivity contribution in [2.75, 3.05) is 0 Å². The van der Waals surface area contributed by atoms with Crippen LogP contribution in [0.1, 0.15) is 38.0 Å². The number of nitrogens with zero attached hydrogens (tertiary/aromatic N) is 1. The number of aryl methyl sites for hydroxylation is 1. The molecule has 0 unspecified atom stereocenters. The van der Waals surface area contributed by atoms with Crippen molar-refractivity contribution >= 4 is 7.82 Å². The Labute approximate surface area is 126 Å². The predicted octanol–water partition coefficient (Wildman–Crippen LogP) is 0.411. The Kier molecular flexibility index (Phi) is 5.03. The molecule has 0 amide bonds. The smallest absolute Gasteiger partial charge is 0.352 e. The molecule has 0 bridgehead atoms. The SMILES string of the molecule is CCC[C@H]1O[C@@H](n2cc(C)c(=O)[nH]c2=O)C[C@H]1OP(=O)(O)O. The van der Waals surface area contributed by atoms with Gasteiger partial charge in [-0.15, -0.1) is 0 Å². The lowest BCUT2D eigenvalue weighted by Gasteiger charge is -2.18. The number of hydrogen-bond acceptors (Lipinski definition) is 5. The van der Waals surface area contributed by atoms with Gasteiger partial charge in [0.1, 0.15) is 6.23 Å². The summed E-state index contributed by atoms with van der Waals surface area (Å²) in [4.78, 5) is 43.4. The van der Waals surface area contributed by atoms with Crippen LogP contribution in [0.3, 0.4) is 0 Å². The summed E-state index contributed by atoms with van der Waals surface area (Å²) >= 11 is 0. The maximum Gasteiger partial charge on any atom is 0.469 e. The molecular weight excluding hydrogens is 315 g/mol. The van der Waals surface area contributed by atoms with Gasteiger partial charge in [-0.25, -0.2) is 9.36 Å². The Bertz CT molecular complexity index is 691. The first-order chi connectivity index (χ1) is 10.2. The van der Waals surface area contributed by atoms with Crippen LogP contribution in [-0.4, -0.2) is 31.5 Å². The fourth-order valence-electron chi connectivity index (χ4n) is 2.50. The van der Waals surface area contributed by atoms with E-state index in [1.54, 1.807) is 6.92 Å². The van der Waals surface area contributed by atoms with E-state index in [9.17, 15) is 14.2 Å². The zero-order chi connectivity index (χ0) is 16.5. The number of nitrogens with one attached hydrogen (secondary N) is 1. The highest BCUT2D eigenvalue weighted by molar-refractivity contribution is 7.46. The van der Waals surface area contributed by atoms with Gasteiger partial charge in [-0.2, -0.15) is 0 Å². The second-order valence-corrected chi connectivity index (χ2v) is 6.46. The molecule has 0 radical (unpaired) electrons. The molecule has 2 rings (SSSR count). The van der Waals surface area contributed by atoms with Crippen LogP contribution in [0.2, 0.25) is 0 Å². The molecule has 1 aromatic rings. The van der Waals surface area contributed by atoms with Crippen molar-refractivity contribution in [2.24, 2.45) is 0 Å². The number of phosphoric acid groups is 1. The Morgan fingerprint density at radius 3 is 2.77 bits per heavy atom. The molecular formula is C12H19N2O7P. The van der Waals surface area contributed by atoms with Crippen LogP contribution in [-0.2, 0) is 13.8 Å². The minimum absolute atomic E-state index is 0.112. The highest BCUT2D eigenvalue weighted by Crippen LogP contribution is 2.44. The molecule has 0 saturated carbocycles. The van der Waals surface area contributed by atoms with Crippen molar-refractivity contribution in [1.82, 2.24) is 9.55 Å². The van der Waals surface area contributed by atoms with Gasteiger partial charge in [0, 0.05) is 18.2 Å². The third-order valence-electron chi connectivity index (χ3n) is 3.48. The number of rotatable bonds is 5. The third-order valence-corrected chi connectivity index (χ3v) is 4.03. The molecule has 3 atom stereocenters. The van der Waals surface area contributed by atoms with E-state index < -0.39 is 37.5 Å². The first kappa shape index (κ1) is 17.1. The molecule has 9 nitrogen and oxygen atoms in total. The molecule has 22 heavy (non-hydrogen) atoms. The van der Waals surface area contributed by atoms with Crippen LogP contribution < -0.4 is 11.2 Å². The summed E-state index contributed by atoms with van der Waals surface area (Å²) in [5, 5.41) is 0. The van der Waals surface area contributed by atoms with Crippen LogP contribution in [0.5, 0.6) is 0 Å². The second kappa shape index (κ2) is 6.47. The fraction of sp³-hybridized carbons (Fsp3) is 0.667. The minimum Gasteiger partial charge on any atom is -0.352 e. The fourth-order valence-corrected chi connectivity index (χ4v) is 3.07. The summed E-state index contributed by atoms with van der Waals surface area (Å²) in [7, 11) is -4.65. The summed E-state index contributed by atoms with van der Waals surface area (Å²) in [5.41, 5.74) is -0.769. The van der Waals surface area contributed by atoms with E-state index in [1.165, 1.54) is 10.8 Å². The Balaban J connectivity index is 2.27. The lowest BCUT2D eigenvalue weighted by molar-refractivity contribution is -0.0242.